The molecule has 132 valence electrons. The molecule has 0 unspecified atom stereocenters. The van der Waals surface area contributed by atoms with Gasteiger partial charge in [0.05, 0.1) is 12.5 Å². The fraction of sp³-hybridized carbons (Fsp3) is 0.500. The minimum atomic E-state index is -1.02. The molecule has 2 rings (SSSR count). The van der Waals surface area contributed by atoms with Crippen LogP contribution >= 0.6 is 0 Å². The van der Waals surface area contributed by atoms with Crippen LogP contribution in [0.15, 0.2) is 18.2 Å². The molecule has 8 heteroatoms. The molecular weight excluding hydrogens is 324 g/mol. The molecule has 1 fully saturated rings. The Labute approximate surface area is 138 Å². The van der Waals surface area contributed by atoms with Crippen molar-refractivity contribution in [1.82, 2.24) is 4.90 Å². The summed E-state index contributed by atoms with van der Waals surface area (Å²) in [6.07, 6.45) is 1.35. The van der Waals surface area contributed by atoms with Crippen LogP contribution in [0.4, 0.5) is 8.78 Å². The molecule has 1 N–H and O–H groups in total. The number of carbonyl (C=O) groups excluding carboxylic acids is 1. The molecule has 24 heavy (non-hydrogen) atoms. The lowest BCUT2D eigenvalue weighted by atomic mass is 10.2. The van der Waals surface area contributed by atoms with Crippen molar-refractivity contribution in [3.05, 3.63) is 29.8 Å². The summed E-state index contributed by atoms with van der Waals surface area (Å²) in [5.41, 5.74) is 0. The van der Waals surface area contributed by atoms with E-state index in [1.807, 2.05) is 0 Å². The van der Waals surface area contributed by atoms with E-state index in [4.69, 9.17) is 14.6 Å². The van der Waals surface area contributed by atoms with E-state index >= 15 is 0 Å². The average molecular weight is 343 g/mol. The number of aliphatic carboxylic acids is 1. The number of amides is 1. The number of nitrogens with zero attached hydrogens (tertiary/aromatic N) is 1. The predicted octanol–water partition coefficient (Wildman–Crippen LogP) is 1.83. The molecule has 0 saturated carbocycles. The normalized spacial score (nSPS) is 16.8. The zero-order valence-electron chi connectivity index (χ0n) is 13.0. The molecule has 6 nitrogen and oxygen atoms in total. The van der Waals surface area contributed by atoms with Gasteiger partial charge in [-0.3, -0.25) is 9.59 Å². The lowest BCUT2D eigenvalue weighted by Crippen LogP contribution is -2.41. The lowest BCUT2D eigenvalue weighted by Gasteiger charge is -2.25. The van der Waals surface area contributed by atoms with Crippen molar-refractivity contribution in [1.29, 1.82) is 0 Å². The van der Waals surface area contributed by atoms with Gasteiger partial charge in [0.25, 0.3) is 5.91 Å². The topological polar surface area (TPSA) is 76.1 Å². The molecule has 1 amide bonds. The SMILES string of the molecule is O=C(O)CCN(C[C@@H]1CCCO1)C(=O)COc1ccc(F)cc1F. The van der Waals surface area contributed by atoms with E-state index in [0.717, 1.165) is 25.0 Å². The zero-order chi connectivity index (χ0) is 17.5. The molecule has 0 aromatic heterocycles. The average Bonchev–Trinajstić information content (AvgIpc) is 3.03. The highest BCUT2D eigenvalue weighted by Crippen LogP contribution is 2.18. The van der Waals surface area contributed by atoms with Gasteiger partial charge in [-0.1, -0.05) is 0 Å². The summed E-state index contributed by atoms with van der Waals surface area (Å²) >= 11 is 0. The number of carboxylic acids is 1. The van der Waals surface area contributed by atoms with Crippen LogP contribution in [0.2, 0.25) is 0 Å². The highest BCUT2D eigenvalue weighted by Gasteiger charge is 2.23. The molecule has 1 saturated heterocycles. The second kappa shape index (κ2) is 8.58. The molecule has 1 atom stereocenters. The summed E-state index contributed by atoms with van der Waals surface area (Å²) in [6, 6.07) is 2.78. The number of hydrogen-bond acceptors (Lipinski definition) is 4. The maximum absolute atomic E-state index is 13.5. The van der Waals surface area contributed by atoms with Gasteiger partial charge in [0.2, 0.25) is 0 Å². The largest absolute Gasteiger partial charge is 0.481 e. The van der Waals surface area contributed by atoms with Crippen LogP contribution in [-0.4, -0.2) is 54.3 Å². The van der Waals surface area contributed by atoms with Crippen LogP contribution < -0.4 is 4.74 Å². The van der Waals surface area contributed by atoms with E-state index in [1.54, 1.807) is 0 Å². The smallest absolute Gasteiger partial charge is 0.305 e. The van der Waals surface area contributed by atoms with Crippen LogP contribution in [0.25, 0.3) is 0 Å². The number of carbonyl (C=O) groups is 2. The first-order valence-corrected chi connectivity index (χ1v) is 7.64. The number of ether oxygens (including phenoxy) is 2. The fourth-order valence-corrected chi connectivity index (χ4v) is 2.41. The third-order valence-corrected chi connectivity index (χ3v) is 3.64. The minimum Gasteiger partial charge on any atom is -0.481 e. The summed E-state index contributed by atoms with van der Waals surface area (Å²) in [5.74, 6) is -3.38. The van der Waals surface area contributed by atoms with Gasteiger partial charge in [-0.05, 0) is 25.0 Å². The van der Waals surface area contributed by atoms with Gasteiger partial charge in [0, 0.05) is 25.8 Å². The minimum absolute atomic E-state index is 0.0171. The van der Waals surface area contributed by atoms with Gasteiger partial charge < -0.3 is 19.5 Å². The number of hydrogen-bond donors (Lipinski definition) is 1. The number of benzene rings is 1. The van der Waals surface area contributed by atoms with E-state index in [9.17, 15) is 18.4 Å². The quantitative estimate of drug-likeness (QED) is 0.779. The van der Waals surface area contributed by atoms with E-state index in [-0.39, 0.29) is 31.4 Å². The maximum atomic E-state index is 13.5. The van der Waals surface area contributed by atoms with Crippen molar-refractivity contribution in [3.8, 4) is 5.75 Å². The number of halogens is 2. The van der Waals surface area contributed by atoms with Crippen LogP contribution in [0.3, 0.4) is 0 Å². The van der Waals surface area contributed by atoms with E-state index < -0.39 is 30.1 Å². The van der Waals surface area contributed by atoms with E-state index in [0.29, 0.717) is 12.7 Å². The Balaban J connectivity index is 1.93. The van der Waals surface area contributed by atoms with E-state index in [1.165, 1.54) is 4.90 Å². The second-order valence-electron chi connectivity index (χ2n) is 5.48. The van der Waals surface area contributed by atoms with Crippen LogP contribution in [0, 0.1) is 11.6 Å². The molecule has 1 aromatic rings. The van der Waals surface area contributed by atoms with Crippen LogP contribution in [0.1, 0.15) is 19.3 Å². The molecule has 0 bridgehead atoms. The van der Waals surface area contributed by atoms with Gasteiger partial charge in [-0.2, -0.15) is 0 Å². The Hall–Kier alpha value is -2.22. The first kappa shape index (κ1) is 18.1. The van der Waals surface area contributed by atoms with Gasteiger partial charge in [0.15, 0.2) is 18.2 Å². The number of carboxylic acid groups (broad SMARTS) is 1. The first-order valence-electron chi connectivity index (χ1n) is 7.64. The van der Waals surface area contributed by atoms with Crippen molar-refractivity contribution in [2.45, 2.75) is 25.4 Å². The summed E-state index contributed by atoms with van der Waals surface area (Å²) in [5, 5.41) is 8.79. The van der Waals surface area contributed by atoms with Crippen molar-refractivity contribution in [2.75, 3.05) is 26.3 Å². The Morgan fingerprint density at radius 3 is 2.79 bits per heavy atom. The highest BCUT2D eigenvalue weighted by atomic mass is 19.1. The van der Waals surface area contributed by atoms with Gasteiger partial charge in [0.1, 0.15) is 5.82 Å². The van der Waals surface area contributed by atoms with Crippen LogP contribution in [0.5, 0.6) is 5.75 Å². The third kappa shape index (κ3) is 5.45. The predicted molar refractivity (Wildman–Crippen MR) is 79.7 cm³/mol. The molecule has 0 spiro atoms. The summed E-state index contributed by atoms with van der Waals surface area (Å²) in [6.45, 7) is 0.433. The Morgan fingerprint density at radius 2 is 2.17 bits per heavy atom. The Kier molecular flexibility index (Phi) is 6.48. The van der Waals surface area contributed by atoms with Crippen molar-refractivity contribution < 1.29 is 33.0 Å². The fourth-order valence-electron chi connectivity index (χ4n) is 2.41. The number of rotatable bonds is 8. The highest BCUT2D eigenvalue weighted by molar-refractivity contribution is 5.78. The summed E-state index contributed by atoms with van der Waals surface area (Å²) < 4.78 is 36.9. The third-order valence-electron chi connectivity index (χ3n) is 3.64. The molecule has 1 aliphatic rings. The summed E-state index contributed by atoms with van der Waals surface area (Å²) in [7, 11) is 0. The van der Waals surface area contributed by atoms with Crippen molar-refractivity contribution in [2.24, 2.45) is 0 Å². The lowest BCUT2D eigenvalue weighted by molar-refractivity contribution is -0.139. The van der Waals surface area contributed by atoms with Crippen molar-refractivity contribution in [3.63, 3.8) is 0 Å². The molecule has 1 aliphatic heterocycles. The molecule has 1 heterocycles. The van der Waals surface area contributed by atoms with Gasteiger partial charge in [-0.15, -0.1) is 0 Å². The molecule has 0 aliphatic carbocycles. The standard InChI is InChI=1S/C16H19F2NO5/c17-11-3-4-14(13(18)8-11)24-10-15(20)19(6-5-16(21)22)9-12-2-1-7-23-12/h3-4,8,12H,1-2,5-7,9-10H2,(H,21,22)/t12-/m0/s1. The maximum Gasteiger partial charge on any atom is 0.305 e. The molecule has 0 radical (unpaired) electrons. The van der Waals surface area contributed by atoms with Gasteiger partial charge >= 0.3 is 5.97 Å². The van der Waals surface area contributed by atoms with Crippen molar-refractivity contribution >= 4 is 11.9 Å². The first-order chi connectivity index (χ1) is 11.5. The van der Waals surface area contributed by atoms with Crippen LogP contribution in [-0.2, 0) is 14.3 Å². The van der Waals surface area contributed by atoms with Gasteiger partial charge in [-0.25, -0.2) is 8.78 Å². The Morgan fingerprint density at radius 1 is 1.38 bits per heavy atom. The van der Waals surface area contributed by atoms with E-state index in [2.05, 4.69) is 0 Å². The molecule has 1 aromatic carbocycles. The monoisotopic (exact) mass is 343 g/mol. The second-order valence-corrected chi connectivity index (χ2v) is 5.48. The Bertz CT molecular complexity index is 590. The zero-order valence-corrected chi connectivity index (χ0v) is 13.0. The molecular formula is C16H19F2NO5. The summed E-state index contributed by atoms with van der Waals surface area (Å²) in [4.78, 5) is 24.3.